The average Bonchev–Trinajstić information content (AvgIpc) is 3.74. The van der Waals surface area contributed by atoms with Crippen molar-refractivity contribution in [3.63, 3.8) is 0 Å². The molecule has 3 aromatic heterocycles. The molecular weight excluding hydrogens is 808 g/mol. The lowest BCUT2D eigenvalue weighted by Gasteiger charge is -2.27. The Morgan fingerprint density at radius 1 is 0.839 bits per heavy atom. The van der Waals surface area contributed by atoms with Gasteiger partial charge in [0, 0.05) is 62.6 Å². The molecule has 7 rings (SSSR count). The molecule has 1 atom stereocenters. The third-order valence-electron chi connectivity index (χ3n) is 11.8. The number of piperidine rings is 1. The summed E-state index contributed by atoms with van der Waals surface area (Å²) in [6.45, 7) is 2.86. The second kappa shape index (κ2) is 20.8. The molecule has 62 heavy (non-hydrogen) atoms. The number of anilines is 1. The van der Waals surface area contributed by atoms with E-state index >= 15 is 0 Å². The molecule has 1 saturated carbocycles. The number of carbonyl (C=O) groups excluding carboxylic acids is 2. The number of rotatable bonds is 21. The molecule has 0 spiro atoms. The molecule has 1 aliphatic heterocycles. The number of imide groups is 1. The standard InChI is InChI=1S/C45H56F3N7O7/c1-53-39-27-31(9-16-37(39)55(44(53)59)38-17-18-40(57)51-42(38)58)6-4-22-61-24-26-62-25-23-60-21-3-2-5-30-7-10-32(11-8-30)36-29-54(33-12-14-34(56)15-13-33)41-35(36)28-50-43(52-41)49-20-19-45(46,47)48/h7-11,16,27-29,33-34,38,56H,2-6,12-15,17-26H2,1H3,(H,49,50,52)(H,51,57,58)/t33?,34?,38-/m0/s1. The highest BCUT2D eigenvalue weighted by molar-refractivity contribution is 6.00. The van der Waals surface area contributed by atoms with Crippen molar-refractivity contribution in [3.05, 3.63) is 76.5 Å². The van der Waals surface area contributed by atoms with Crippen LogP contribution in [0.1, 0.15) is 87.4 Å². The molecule has 334 valence electrons. The second-order valence-corrected chi connectivity index (χ2v) is 16.2. The lowest BCUT2D eigenvalue weighted by Crippen LogP contribution is -2.44. The van der Waals surface area contributed by atoms with Crippen molar-refractivity contribution in [1.82, 2.24) is 29.0 Å². The van der Waals surface area contributed by atoms with Gasteiger partial charge in [-0.05, 0) is 93.0 Å². The van der Waals surface area contributed by atoms with Gasteiger partial charge in [0.2, 0.25) is 17.8 Å². The number of unbranched alkanes of at least 4 members (excludes halogenated alkanes) is 1. The number of alkyl halides is 3. The van der Waals surface area contributed by atoms with Crippen LogP contribution in [0.15, 0.2) is 59.7 Å². The summed E-state index contributed by atoms with van der Waals surface area (Å²) in [6.07, 6.45) is 6.03. The summed E-state index contributed by atoms with van der Waals surface area (Å²) < 4.78 is 60.5. The summed E-state index contributed by atoms with van der Waals surface area (Å²) in [7, 11) is 1.69. The molecule has 17 heteroatoms. The van der Waals surface area contributed by atoms with Crippen LogP contribution in [0.5, 0.6) is 0 Å². The van der Waals surface area contributed by atoms with E-state index in [9.17, 15) is 32.7 Å². The Hall–Kier alpha value is -5.10. The molecule has 0 unspecified atom stereocenters. The molecule has 1 saturated heterocycles. The summed E-state index contributed by atoms with van der Waals surface area (Å²) in [5, 5.41) is 16.0. The SMILES string of the molecule is Cn1c(=O)n([C@H]2CCC(=O)NC2=O)c2ccc(CCCOCCOCCOCCCCc3ccc(-c4cn(C5CCC(O)CC5)c5nc(NCCC(F)(F)F)ncc45)cc3)cc21. The number of hydrogen-bond acceptors (Lipinski definition) is 10. The van der Waals surface area contributed by atoms with E-state index < -0.39 is 24.5 Å². The number of carbonyl (C=O) groups is 2. The molecule has 2 fully saturated rings. The number of halogens is 3. The number of ether oxygens (including phenoxy) is 3. The van der Waals surface area contributed by atoms with E-state index in [-0.39, 0.29) is 42.7 Å². The van der Waals surface area contributed by atoms with Crippen LogP contribution in [-0.2, 0) is 43.7 Å². The van der Waals surface area contributed by atoms with Crippen LogP contribution in [0.4, 0.5) is 19.1 Å². The van der Waals surface area contributed by atoms with Crippen molar-refractivity contribution in [2.45, 2.75) is 101 Å². The maximum Gasteiger partial charge on any atom is 0.390 e. The fraction of sp³-hybridized carbons (Fsp3) is 0.533. The molecule has 1 aliphatic carbocycles. The van der Waals surface area contributed by atoms with Gasteiger partial charge in [-0.2, -0.15) is 18.2 Å². The average molecular weight is 864 g/mol. The molecule has 2 aliphatic rings. The third-order valence-corrected chi connectivity index (χ3v) is 11.8. The van der Waals surface area contributed by atoms with Gasteiger partial charge in [0.05, 0.1) is 50.0 Å². The van der Waals surface area contributed by atoms with Gasteiger partial charge in [-0.3, -0.25) is 24.0 Å². The van der Waals surface area contributed by atoms with E-state index in [0.29, 0.717) is 70.1 Å². The van der Waals surface area contributed by atoms with Crippen LogP contribution in [0.2, 0.25) is 0 Å². The minimum absolute atomic E-state index is 0.129. The Labute approximate surface area is 357 Å². The van der Waals surface area contributed by atoms with Gasteiger partial charge in [0.1, 0.15) is 11.7 Å². The van der Waals surface area contributed by atoms with Crippen LogP contribution in [0, 0.1) is 0 Å². The monoisotopic (exact) mass is 863 g/mol. The highest BCUT2D eigenvalue weighted by atomic mass is 19.4. The van der Waals surface area contributed by atoms with Crippen LogP contribution in [0.25, 0.3) is 33.2 Å². The number of aliphatic hydroxyl groups excluding tert-OH is 1. The van der Waals surface area contributed by atoms with Crippen molar-refractivity contribution in [2.24, 2.45) is 7.05 Å². The topological polar surface area (TPSA) is 164 Å². The van der Waals surface area contributed by atoms with E-state index in [2.05, 4.69) is 55.6 Å². The number of aliphatic hydroxyl groups is 1. The van der Waals surface area contributed by atoms with Crippen molar-refractivity contribution in [3.8, 4) is 11.1 Å². The second-order valence-electron chi connectivity index (χ2n) is 16.2. The molecule has 5 aromatic rings. The molecule has 3 N–H and O–H groups in total. The number of fused-ring (bicyclic) bond motifs is 2. The number of benzene rings is 2. The lowest BCUT2D eigenvalue weighted by atomic mass is 9.93. The Kier molecular flexibility index (Phi) is 15.1. The Morgan fingerprint density at radius 2 is 1.52 bits per heavy atom. The number of aryl methyl sites for hydroxylation is 3. The number of nitrogens with one attached hydrogen (secondary N) is 2. The molecule has 4 heterocycles. The van der Waals surface area contributed by atoms with E-state index in [4.69, 9.17) is 14.2 Å². The summed E-state index contributed by atoms with van der Waals surface area (Å²) in [4.78, 5) is 46.0. The number of imidazole rings is 1. The highest BCUT2D eigenvalue weighted by Crippen LogP contribution is 2.37. The number of aromatic nitrogens is 5. The number of hydrogen-bond donors (Lipinski definition) is 3. The first-order valence-electron chi connectivity index (χ1n) is 21.7. The van der Waals surface area contributed by atoms with Gasteiger partial charge in [-0.15, -0.1) is 0 Å². The smallest absolute Gasteiger partial charge is 0.390 e. The first kappa shape index (κ1) is 44.9. The Balaban J connectivity index is 0.769. The van der Waals surface area contributed by atoms with E-state index in [1.165, 1.54) is 10.1 Å². The summed E-state index contributed by atoms with van der Waals surface area (Å²) in [6, 6.07) is 13.6. The van der Waals surface area contributed by atoms with E-state index in [0.717, 1.165) is 72.5 Å². The molecule has 2 amide bonds. The van der Waals surface area contributed by atoms with Gasteiger partial charge >= 0.3 is 11.9 Å². The van der Waals surface area contributed by atoms with Gasteiger partial charge < -0.3 is 29.2 Å². The zero-order chi connectivity index (χ0) is 43.6. The first-order valence-corrected chi connectivity index (χ1v) is 21.7. The normalized spacial score (nSPS) is 18.5. The fourth-order valence-electron chi connectivity index (χ4n) is 8.37. The fourth-order valence-corrected chi connectivity index (χ4v) is 8.37. The van der Waals surface area contributed by atoms with Crippen LogP contribution in [-0.4, -0.2) is 99.1 Å². The summed E-state index contributed by atoms with van der Waals surface area (Å²) in [5.74, 6) is -0.597. The minimum Gasteiger partial charge on any atom is -0.393 e. The van der Waals surface area contributed by atoms with Crippen LogP contribution in [0.3, 0.4) is 0 Å². The molecular formula is C45H56F3N7O7. The third kappa shape index (κ3) is 11.5. The minimum atomic E-state index is -4.27. The van der Waals surface area contributed by atoms with Crippen molar-refractivity contribution in [2.75, 3.05) is 51.5 Å². The molecule has 2 aromatic carbocycles. The van der Waals surface area contributed by atoms with Crippen molar-refractivity contribution < 1.29 is 42.1 Å². The number of amides is 2. The van der Waals surface area contributed by atoms with Gasteiger partial charge in [-0.25, -0.2) is 9.78 Å². The number of nitrogens with zero attached hydrogens (tertiary/aromatic N) is 5. The van der Waals surface area contributed by atoms with E-state index in [1.54, 1.807) is 17.8 Å². The quantitative estimate of drug-likeness (QED) is 0.0543. The molecule has 0 bridgehead atoms. The van der Waals surface area contributed by atoms with Gasteiger partial charge in [0.15, 0.2) is 0 Å². The Bertz CT molecular complexity index is 2350. The van der Waals surface area contributed by atoms with Crippen LogP contribution < -0.4 is 16.3 Å². The summed E-state index contributed by atoms with van der Waals surface area (Å²) in [5.41, 5.74) is 6.06. The summed E-state index contributed by atoms with van der Waals surface area (Å²) >= 11 is 0. The maximum atomic E-state index is 13.0. The van der Waals surface area contributed by atoms with Crippen molar-refractivity contribution >= 4 is 39.8 Å². The largest absolute Gasteiger partial charge is 0.393 e. The maximum absolute atomic E-state index is 13.0. The van der Waals surface area contributed by atoms with Crippen LogP contribution >= 0.6 is 0 Å². The molecule has 0 radical (unpaired) electrons. The van der Waals surface area contributed by atoms with Gasteiger partial charge in [-0.1, -0.05) is 30.3 Å². The highest BCUT2D eigenvalue weighted by Gasteiger charge is 2.31. The Morgan fingerprint density at radius 3 is 2.23 bits per heavy atom. The van der Waals surface area contributed by atoms with E-state index in [1.807, 2.05) is 18.2 Å². The molecule has 14 nitrogen and oxygen atoms in total. The van der Waals surface area contributed by atoms with Crippen molar-refractivity contribution in [1.29, 1.82) is 0 Å². The predicted molar refractivity (Wildman–Crippen MR) is 228 cm³/mol. The van der Waals surface area contributed by atoms with Gasteiger partial charge in [0.25, 0.3) is 0 Å². The lowest BCUT2D eigenvalue weighted by molar-refractivity contribution is -0.136. The predicted octanol–water partition coefficient (Wildman–Crippen LogP) is 6.58. The zero-order valence-electron chi connectivity index (χ0n) is 35.1. The first-order chi connectivity index (χ1) is 29.9. The zero-order valence-corrected chi connectivity index (χ0v) is 35.1.